The molecule has 0 spiro atoms. The number of rotatable bonds is 11. The van der Waals surface area contributed by atoms with E-state index in [9.17, 15) is 8.42 Å². The number of hydrogen-bond donors (Lipinski definition) is 2. The van der Waals surface area contributed by atoms with Crippen molar-refractivity contribution in [2.24, 2.45) is 4.99 Å². The van der Waals surface area contributed by atoms with E-state index in [4.69, 9.17) is 9.41 Å². The van der Waals surface area contributed by atoms with Crippen LogP contribution in [0.15, 0.2) is 27.8 Å². The van der Waals surface area contributed by atoms with Gasteiger partial charge in [0.05, 0.1) is 25.1 Å². The van der Waals surface area contributed by atoms with Gasteiger partial charge in [-0.05, 0) is 51.4 Å². The lowest BCUT2D eigenvalue weighted by atomic mass is 10.2. The fraction of sp³-hybridized carbons (Fsp3) is 0.737. The Labute approximate surface area is 169 Å². The molecule has 1 atom stereocenters. The summed E-state index contributed by atoms with van der Waals surface area (Å²) in [6.45, 7) is 9.08. The van der Waals surface area contributed by atoms with Crippen LogP contribution in [0.5, 0.6) is 0 Å². The van der Waals surface area contributed by atoms with Crippen LogP contribution in [0.25, 0.3) is 0 Å². The molecule has 160 valence electrons. The van der Waals surface area contributed by atoms with Crippen molar-refractivity contribution in [1.29, 1.82) is 0 Å². The van der Waals surface area contributed by atoms with Crippen LogP contribution >= 0.6 is 0 Å². The highest BCUT2D eigenvalue weighted by atomic mass is 32.2. The van der Waals surface area contributed by atoms with E-state index in [1.165, 1.54) is 23.4 Å². The van der Waals surface area contributed by atoms with Gasteiger partial charge < -0.3 is 15.1 Å². The van der Waals surface area contributed by atoms with Crippen LogP contribution in [0.2, 0.25) is 0 Å². The molecule has 28 heavy (non-hydrogen) atoms. The molecule has 0 aliphatic carbocycles. The molecule has 1 aromatic heterocycles. The molecule has 1 aliphatic rings. The lowest BCUT2D eigenvalue weighted by Gasteiger charge is -2.24. The first-order valence-corrected chi connectivity index (χ1v) is 12.0. The molecule has 0 amide bonds. The van der Waals surface area contributed by atoms with E-state index in [0.717, 1.165) is 37.8 Å². The molecule has 2 rings (SSSR count). The van der Waals surface area contributed by atoms with Crippen LogP contribution in [0.1, 0.15) is 44.9 Å². The summed E-state index contributed by atoms with van der Waals surface area (Å²) in [7, 11) is -3.14. The number of nitrogens with one attached hydrogen (secondary N) is 2. The minimum absolute atomic E-state index is 0.147. The van der Waals surface area contributed by atoms with Gasteiger partial charge in [-0.1, -0.05) is 6.92 Å². The minimum atomic E-state index is -3.14. The van der Waals surface area contributed by atoms with Gasteiger partial charge in [-0.3, -0.25) is 9.89 Å². The van der Waals surface area contributed by atoms with Gasteiger partial charge in [0.1, 0.15) is 5.76 Å². The Morgan fingerprint density at radius 3 is 2.64 bits per heavy atom. The smallest absolute Gasteiger partial charge is 0.211 e. The molecule has 1 aromatic rings. The summed E-state index contributed by atoms with van der Waals surface area (Å²) in [6.07, 6.45) is 6.12. The molecule has 9 heteroatoms. The summed E-state index contributed by atoms with van der Waals surface area (Å²) >= 11 is 0. The second-order valence-electron chi connectivity index (χ2n) is 7.03. The number of hydrogen-bond acceptors (Lipinski definition) is 5. The highest BCUT2D eigenvalue weighted by Crippen LogP contribution is 2.25. The van der Waals surface area contributed by atoms with Gasteiger partial charge in [-0.25, -0.2) is 12.7 Å². The van der Waals surface area contributed by atoms with Gasteiger partial charge in [0.2, 0.25) is 10.0 Å². The summed E-state index contributed by atoms with van der Waals surface area (Å²) < 4.78 is 30.5. The van der Waals surface area contributed by atoms with Crippen molar-refractivity contribution in [2.45, 2.75) is 39.2 Å². The van der Waals surface area contributed by atoms with Crippen molar-refractivity contribution in [1.82, 2.24) is 19.8 Å². The van der Waals surface area contributed by atoms with E-state index in [2.05, 4.69) is 15.5 Å². The third kappa shape index (κ3) is 7.10. The second-order valence-corrected chi connectivity index (χ2v) is 9.01. The second kappa shape index (κ2) is 11.4. The Morgan fingerprint density at radius 1 is 1.32 bits per heavy atom. The topological polar surface area (TPSA) is 90.2 Å². The van der Waals surface area contributed by atoms with Crippen molar-refractivity contribution in [3.63, 3.8) is 0 Å². The lowest BCUT2D eigenvalue weighted by molar-refractivity contribution is 0.221. The molecular formula is C19H35N5O3S. The van der Waals surface area contributed by atoms with Crippen LogP contribution in [0.4, 0.5) is 0 Å². The predicted molar refractivity (Wildman–Crippen MR) is 113 cm³/mol. The largest absolute Gasteiger partial charge is 0.468 e. The van der Waals surface area contributed by atoms with Crippen molar-refractivity contribution in [3.05, 3.63) is 24.2 Å². The van der Waals surface area contributed by atoms with Crippen molar-refractivity contribution >= 4 is 16.0 Å². The van der Waals surface area contributed by atoms with E-state index in [-0.39, 0.29) is 6.04 Å². The monoisotopic (exact) mass is 413 g/mol. The third-order valence-electron chi connectivity index (χ3n) is 4.92. The fourth-order valence-electron chi connectivity index (χ4n) is 3.46. The Balaban J connectivity index is 1.91. The summed E-state index contributed by atoms with van der Waals surface area (Å²) in [5.74, 6) is 1.70. The molecule has 0 aromatic carbocycles. The van der Waals surface area contributed by atoms with Crippen LogP contribution in [-0.2, 0) is 10.0 Å². The number of likely N-dealkylation sites (tertiary alicyclic amines) is 1. The molecule has 8 nitrogen and oxygen atoms in total. The molecule has 0 radical (unpaired) electrons. The first-order valence-electron chi connectivity index (χ1n) is 10.2. The Kier molecular flexibility index (Phi) is 9.27. The maximum atomic E-state index is 11.7. The molecule has 1 unspecified atom stereocenters. The maximum Gasteiger partial charge on any atom is 0.211 e. The number of furan rings is 1. The zero-order valence-corrected chi connectivity index (χ0v) is 18.2. The Bertz CT molecular complexity index is 684. The SMILES string of the molecule is CCNC(=NCC(c1ccco1)N1CCCC1)NCCCN(CC)S(C)(=O)=O. The quantitative estimate of drug-likeness (QED) is 0.326. The van der Waals surface area contributed by atoms with E-state index in [1.807, 2.05) is 26.0 Å². The number of aliphatic imine (C=N–C) groups is 1. The zero-order chi connectivity index (χ0) is 20.4. The summed E-state index contributed by atoms with van der Waals surface area (Å²) in [5, 5.41) is 6.58. The predicted octanol–water partition coefficient (Wildman–Crippen LogP) is 1.64. The Hall–Kier alpha value is -1.58. The van der Waals surface area contributed by atoms with E-state index in [0.29, 0.717) is 26.2 Å². The van der Waals surface area contributed by atoms with Gasteiger partial charge in [-0.15, -0.1) is 0 Å². The van der Waals surface area contributed by atoms with Gasteiger partial charge in [0, 0.05) is 26.2 Å². The molecular weight excluding hydrogens is 378 g/mol. The Morgan fingerprint density at radius 2 is 2.07 bits per heavy atom. The highest BCUT2D eigenvalue weighted by molar-refractivity contribution is 7.88. The standard InChI is InChI=1S/C19H35N5O3S/c1-4-20-19(21-11-9-14-24(5-2)28(3,25)26)22-16-17(18-10-8-15-27-18)23-12-6-7-13-23/h8,10,15,17H,4-7,9,11-14,16H2,1-3H3,(H2,20,21,22). The minimum Gasteiger partial charge on any atom is -0.468 e. The molecule has 1 saturated heterocycles. The highest BCUT2D eigenvalue weighted by Gasteiger charge is 2.25. The van der Waals surface area contributed by atoms with E-state index < -0.39 is 10.0 Å². The summed E-state index contributed by atoms with van der Waals surface area (Å²) in [6, 6.07) is 4.09. The van der Waals surface area contributed by atoms with Crippen LogP contribution in [0, 0.1) is 0 Å². The van der Waals surface area contributed by atoms with Crippen molar-refractivity contribution in [2.75, 3.05) is 52.1 Å². The molecule has 2 heterocycles. The molecule has 1 aliphatic heterocycles. The normalized spacial score (nSPS) is 17.2. The molecule has 1 fully saturated rings. The lowest BCUT2D eigenvalue weighted by Crippen LogP contribution is -2.40. The number of sulfonamides is 1. The van der Waals surface area contributed by atoms with E-state index >= 15 is 0 Å². The third-order valence-corrected chi connectivity index (χ3v) is 6.30. The van der Waals surface area contributed by atoms with Crippen LogP contribution in [-0.4, -0.2) is 75.7 Å². The average Bonchev–Trinajstić information content (AvgIpc) is 3.35. The van der Waals surface area contributed by atoms with Gasteiger partial charge >= 0.3 is 0 Å². The van der Waals surface area contributed by atoms with Crippen molar-refractivity contribution in [3.8, 4) is 0 Å². The van der Waals surface area contributed by atoms with Crippen molar-refractivity contribution < 1.29 is 12.8 Å². The summed E-state index contributed by atoms with van der Waals surface area (Å²) in [4.78, 5) is 7.19. The molecule has 2 N–H and O–H groups in total. The van der Waals surface area contributed by atoms with E-state index in [1.54, 1.807) is 6.26 Å². The summed E-state index contributed by atoms with van der Waals surface area (Å²) in [5.41, 5.74) is 0. The fourth-order valence-corrected chi connectivity index (χ4v) is 4.39. The first kappa shape index (κ1) is 22.7. The van der Waals surface area contributed by atoms with Gasteiger partial charge in [0.25, 0.3) is 0 Å². The number of nitrogens with zero attached hydrogens (tertiary/aromatic N) is 3. The number of guanidine groups is 1. The zero-order valence-electron chi connectivity index (χ0n) is 17.4. The maximum absolute atomic E-state index is 11.7. The average molecular weight is 414 g/mol. The molecule has 0 saturated carbocycles. The van der Waals surface area contributed by atoms with Gasteiger partial charge in [0.15, 0.2) is 5.96 Å². The van der Waals surface area contributed by atoms with Crippen LogP contribution < -0.4 is 10.6 Å². The van der Waals surface area contributed by atoms with Gasteiger partial charge in [-0.2, -0.15) is 0 Å². The first-order chi connectivity index (χ1) is 13.5. The molecule has 0 bridgehead atoms. The van der Waals surface area contributed by atoms with Crippen LogP contribution in [0.3, 0.4) is 0 Å².